The van der Waals surface area contributed by atoms with E-state index < -0.39 is 0 Å². The van der Waals surface area contributed by atoms with Gasteiger partial charge in [0.15, 0.2) is 0 Å². The molecule has 1 aliphatic heterocycles. The lowest BCUT2D eigenvalue weighted by Crippen LogP contribution is -2.53. The fourth-order valence-electron chi connectivity index (χ4n) is 2.26. The van der Waals surface area contributed by atoms with Gasteiger partial charge in [-0.1, -0.05) is 11.6 Å². The fourth-order valence-corrected chi connectivity index (χ4v) is 2.44. The second-order valence-corrected chi connectivity index (χ2v) is 5.53. The minimum Gasteiger partial charge on any atom is -0.384 e. The van der Waals surface area contributed by atoms with Gasteiger partial charge < -0.3 is 15.4 Å². The van der Waals surface area contributed by atoms with Gasteiger partial charge in [-0.15, -0.1) is 0 Å². The van der Waals surface area contributed by atoms with Crippen LogP contribution in [0.2, 0.25) is 5.02 Å². The molecule has 0 amide bonds. The normalized spacial score (nSPS) is 18.7. The molecule has 1 fully saturated rings. The first-order valence-corrected chi connectivity index (χ1v) is 6.29. The van der Waals surface area contributed by atoms with Crippen LogP contribution in [0.1, 0.15) is 19.4 Å². The number of nitrogens with zero attached hydrogens (tertiary/aromatic N) is 1. The maximum Gasteiger partial charge on any atom is 0.124 e. The van der Waals surface area contributed by atoms with E-state index in [1.54, 1.807) is 6.07 Å². The molecule has 0 spiro atoms. The van der Waals surface area contributed by atoms with Gasteiger partial charge in [-0.3, -0.25) is 5.41 Å². The molecule has 4 nitrogen and oxygen atoms in total. The van der Waals surface area contributed by atoms with Gasteiger partial charge >= 0.3 is 0 Å². The van der Waals surface area contributed by atoms with Crippen LogP contribution in [0.15, 0.2) is 18.2 Å². The van der Waals surface area contributed by atoms with Crippen molar-refractivity contribution in [1.82, 2.24) is 0 Å². The molecule has 2 rings (SSSR count). The van der Waals surface area contributed by atoms with Crippen LogP contribution in [0.3, 0.4) is 0 Å². The second kappa shape index (κ2) is 4.78. The fraction of sp³-hybridized carbons (Fsp3) is 0.462. The third kappa shape index (κ3) is 2.44. The lowest BCUT2D eigenvalue weighted by molar-refractivity contribution is 0.0644. The quantitative estimate of drug-likeness (QED) is 0.638. The van der Waals surface area contributed by atoms with Crippen LogP contribution in [0.5, 0.6) is 0 Å². The van der Waals surface area contributed by atoms with Gasteiger partial charge in [-0.25, -0.2) is 0 Å². The van der Waals surface area contributed by atoms with Crippen molar-refractivity contribution in [3.63, 3.8) is 0 Å². The Labute approximate surface area is 112 Å². The minimum atomic E-state index is -0.115. The SMILES string of the molecule is CC1(C)COCCN1c1ccc(Cl)cc1C(=N)N. The summed E-state index contributed by atoms with van der Waals surface area (Å²) in [5, 5.41) is 8.27. The number of morpholine rings is 1. The van der Waals surface area contributed by atoms with Crippen molar-refractivity contribution in [2.45, 2.75) is 19.4 Å². The van der Waals surface area contributed by atoms with E-state index in [0.717, 1.165) is 12.2 Å². The third-order valence-corrected chi connectivity index (χ3v) is 3.42. The Balaban J connectivity index is 2.46. The van der Waals surface area contributed by atoms with Crippen molar-refractivity contribution < 1.29 is 4.74 Å². The second-order valence-electron chi connectivity index (χ2n) is 5.09. The molecule has 0 atom stereocenters. The molecule has 1 heterocycles. The number of nitrogen functional groups attached to an aromatic ring is 1. The van der Waals surface area contributed by atoms with Crippen LogP contribution in [0.25, 0.3) is 0 Å². The van der Waals surface area contributed by atoms with E-state index in [1.165, 1.54) is 0 Å². The number of amidine groups is 1. The summed E-state index contributed by atoms with van der Waals surface area (Å²) in [5.74, 6) is 0.0368. The van der Waals surface area contributed by atoms with E-state index in [-0.39, 0.29) is 11.4 Å². The number of nitrogens with one attached hydrogen (secondary N) is 1. The molecular weight excluding hydrogens is 250 g/mol. The summed E-state index contributed by atoms with van der Waals surface area (Å²) < 4.78 is 5.51. The number of hydrogen-bond acceptors (Lipinski definition) is 3. The first kappa shape index (κ1) is 13.2. The molecule has 3 N–H and O–H groups in total. The number of hydrogen-bond donors (Lipinski definition) is 2. The summed E-state index contributed by atoms with van der Waals surface area (Å²) in [6, 6.07) is 5.49. The Morgan fingerprint density at radius 1 is 1.50 bits per heavy atom. The molecule has 0 unspecified atom stereocenters. The van der Waals surface area contributed by atoms with Gasteiger partial charge in [-0.2, -0.15) is 0 Å². The lowest BCUT2D eigenvalue weighted by atomic mass is 9.99. The molecule has 0 saturated carbocycles. The monoisotopic (exact) mass is 267 g/mol. The molecule has 1 saturated heterocycles. The van der Waals surface area contributed by atoms with Crippen molar-refractivity contribution >= 4 is 23.1 Å². The van der Waals surface area contributed by atoms with Gasteiger partial charge in [0.05, 0.1) is 18.8 Å². The number of nitrogens with two attached hydrogens (primary N) is 1. The number of anilines is 1. The first-order valence-electron chi connectivity index (χ1n) is 5.91. The highest BCUT2D eigenvalue weighted by atomic mass is 35.5. The maximum absolute atomic E-state index is 7.68. The van der Waals surface area contributed by atoms with Crippen molar-refractivity contribution in [2.75, 3.05) is 24.7 Å². The first-order chi connectivity index (χ1) is 8.42. The van der Waals surface area contributed by atoms with Gasteiger partial charge in [0.1, 0.15) is 5.84 Å². The van der Waals surface area contributed by atoms with E-state index in [9.17, 15) is 0 Å². The van der Waals surface area contributed by atoms with Crippen LogP contribution in [-0.4, -0.2) is 31.1 Å². The average molecular weight is 268 g/mol. The Morgan fingerprint density at radius 3 is 2.83 bits per heavy atom. The topological polar surface area (TPSA) is 62.3 Å². The molecule has 1 aliphatic rings. The molecule has 18 heavy (non-hydrogen) atoms. The van der Waals surface area contributed by atoms with E-state index in [1.807, 2.05) is 12.1 Å². The zero-order chi connectivity index (χ0) is 13.3. The van der Waals surface area contributed by atoms with E-state index in [4.69, 9.17) is 27.5 Å². The highest BCUT2D eigenvalue weighted by molar-refractivity contribution is 6.31. The number of ether oxygens (including phenoxy) is 1. The highest BCUT2D eigenvalue weighted by Crippen LogP contribution is 2.31. The summed E-state index contributed by atoms with van der Waals surface area (Å²) in [4.78, 5) is 2.23. The molecule has 0 aliphatic carbocycles. The van der Waals surface area contributed by atoms with Crippen molar-refractivity contribution in [1.29, 1.82) is 5.41 Å². The molecule has 98 valence electrons. The standard InChI is InChI=1S/C13H18ClN3O/c1-13(2)8-18-6-5-17(13)11-4-3-9(14)7-10(11)12(15)16/h3-4,7H,5-6,8H2,1-2H3,(H3,15,16). The lowest BCUT2D eigenvalue weighted by Gasteiger charge is -2.44. The number of rotatable bonds is 2. The van der Waals surface area contributed by atoms with Crippen molar-refractivity contribution in [3.05, 3.63) is 28.8 Å². The summed E-state index contributed by atoms with van der Waals surface area (Å²) in [7, 11) is 0. The maximum atomic E-state index is 7.68. The predicted molar refractivity (Wildman–Crippen MR) is 74.7 cm³/mol. The molecule has 0 bridgehead atoms. The Kier molecular flexibility index (Phi) is 3.50. The number of halogens is 1. The van der Waals surface area contributed by atoms with Crippen molar-refractivity contribution in [2.24, 2.45) is 5.73 Å². The summed E-state index contributed by atoms with van der Waals surface area (Å²) >= 11 is 5.98. The van der Waals surface area contributed by atoms with Crippen LogP contribution in [0, 0.1) is 5.41 Å². The average Bonchev–Trinajstić information content (AvgIpc) is 2.29. The molecule has 1 aromatic carbocycles. The van der Waals surface area contributed by atoms with Crippen LogP contribution >= 0.6 is 11.6 Å². The van der Waals surface area contributed by atoms with E-state index in [2.05, 4.69) is 18.7 Å². The third-order valence-electron chi connectivity index (χ3n) is 3.18. The van der Waals surface area contributed by atoms with Crippen molar-refractivity contribution in [3.8, 4) is 0 Å². The zero-order valence-corrected chi connectivity index (χ0v) is 11.4. The summed E-state index contributed by atoms with van der Waals surface area (Å²) in [6.45, 7) is 6.36. The molecule has 0 radical (unpaired) electrons. The molecule has 0 aromatic heterocycles. The highest BCUT2D eigenvalue weighted by Gasteiger charge is 2.32. The Hall–Kier alpha value is -1.26. The molecule has 1 aromatic rings. The smallest absolute Gasteiger partial charge is 0.124 e. The van der Waals surface area contributed by atoms with Crippen LogP contribution in [-0.2, 0) is 4.74 Å². The minimum absolute atomic E-state index is 0.0368. The summed E-state index contributed by atoms with van der Waals surface area (Å²) in [6.07, 6.45) is 0. The largest absolute Gasteiger partial charge is 0.384 e. The van der Waals surface area contributed by atoms with Gasteiger partial charge in [-0.05, 0) is 32.0 Å². The molecular formula is C13H18ClN3O. The van der Waals surface area contributed by atoms with E-state index >= 15 is 0 Å². The number of benzene rings is 1. The van der Waals surface area contributed by atoms with Crippen LogP contribution < -0.4 is 10.6 Å². The zero-order valence-electron chi connectivity index (χ0n) is 10.7. The van der Waals surface area contributed by atoms with Gasteiger partial charge in [0.2, 0.25) is 0 Å². The predicted octanol–water partition coefficient (Wildman–Crippen LogP) is 2.24. The van der Waals surface area contributed by atoms with Gasteiger partial charge in [0, 0.05) is 22.8 Å². The molecule has 5 heteroatoms. The Morgan fingerprint density at radius 2 is 2.22 bits per heavy atom. The van der Waals surface area contributed by atoms with Gasteiger partial charge in [0.25, 0.3) is 0 Å². The van der Waals surface area contributed by atoms with E-state index in [0.29, 0.717) is 23.8 Å². The Bertz CT molecular complexity index is 473. The van der Waals surface area contributed by atoms with Crippen LogP contribution in [0.4, 0.5) is 5.69 Å². The summed E-state index contributed by atoms with van der Waals surface area (Å²) in [5.41, 5.74) is 7.15.